The minimum Gasteiger partial charge on any atom is -0.403 e. The summed E-state index contributed by atoms with van der Waals surface area (Å²) >= 11 is 0. The van der Waals surface area contributed by atoms with Crippen molar-refractivity contribution in [3.8, 4) is 11.4 Å². The average Bonchev–Trinajstić information content (AvgIpc) is 3.47. The Kier molecular flexibility index (Phi) is 5.30. The van der Waals surface area contributed by atoms with Gasteiger partial charge in [0.25, 0.3) is 0 Å². The van der Waals surface area contributed by atoms with Gasteiger partial charge in [0.15, 0.2) is 11.7 Å². The van der Waals surface area contributed by atoms with Crippen molar-refractivity contribution in [1.82, 2.24) is 29.2 Å². The fraction of sp³-hybridized carbons (Fsp3) is 0.333. The average molecular weight is 465 g/mol. The molecule has 3 aromatic rings. The second-order valence-electron chi connectivity index (χ2n) is 8.55. The maximum absolute atomic E-state index is 14.5. The number of fused-ring (bicyclic) bond motifs is 3. The van der Waals surface area contributed by atoms with Gasteiger partial charge in [-0.1, -0.05) is 13.5 Å². The molecule has 0 unspecified atom stereocenters. The number of piperidine rings is 1. The number of amidine groups is 1. The molecule has 0 amide bonds. The van der Waals surface area contributed by atoms with Gasteiger partial charge in [0.1, 0.15) is 40.3 Å². The first-order chi connectivity index (χ1) is 16.4. The van der Waals surface area contributed by atoms with Crippen LogP contribution in [0.2, 0.25) is 0 Å². The number of aliphatic imine (C=N–C) groups is 1. The van der Waals surface area contributed by atoms with Crippen LogP contribution in [0.1, 0.15) is 44.3 Å². The van der Waals surface area contributed by atoms with Crippen LogP contribution in [0.15, 0.2) is 48.4 Å². The first-order valence-corrected chi connectivity index (χ1v) is 11.3. The van der Waals surface area contributed by atoms with E-state index in [0.717, 1.165) is 49.9 Å². The Hall–Kier alpha value is -3.82. The number of rotatable bonds is 4. The fourth-order valence-electron chi connectivity index (χ4n) is 5.12. The minimum atomic E-state index is -0.709. The van der Waals surface area contributed by atoms with Crippen molar-refractivity contribution >= 4 is 17.4 Å². The zero-order valence-corrected chi connectivity index (χ0v) is 19.2. The molecule has 0 radical (unpaired) electrons. The molecule has 176 valence electrons. The molecule has 1 saturated heterocycles. The summed E-state index contributed by atoms with van der Waals surface area (Å²) in [5.41, 5.74) is 6.58. The SMILES string of the molecule is C=C(/N=C1\C(=C/N)n2c(C)nnc2[C@]2(CC)CCCCN12)n1ccnc1-c1ccc(F)cc1F. The standard InChI is InChI=1S/C24H26F2N8/c1-4-24-9-5-6-11-33(24)22(20(14-27)34-16(3)30-31-23(24)34)29-15(2)32-12-10-28-21(32)18-8-7-17(25)13-19(18)26/h7-8,10,12-14H,2,4-6,9,11,27H2,1,3H3/b20-14+,29-22+/t24-/m0/s1. The van der Waals surface area contributed by atoms with Gasteiger partial charge < -0.3 is 10.6 Å². The Morgan fingerprint density at radius 2 is 2.12 bits per heavy atom. The zero-order valence-electron chi connectivity index (χ0n) is 19.2. The first-order valence-electron chi connectivity index (χ1n) is 11.3. The summed E-state index contributed by atoms with van der Waals surface area (Å²) in [6.45, 7) is 8.96. The largest absolute Gasteiger partial charge is 0.403 e. The monoisotopic (exact) mass is 464 g/mol. The predicted molar refractivity (Wildman–Crippen MR) is 126 cm³/mol. The van der Waals surface area contributed by atoms with Crippen molar-refractivity contribution < 1.29 is 8.78 Å². The van der Waals surface area contributed by atoms with Crippen LogP contribution in [-0.2, 0) is 5.54 Å². The number of halogens is 2. The van der Waals surface area contributed by atoms with Crippen LogP contribution in [0, 0.1) is 18.6 Å². The molecule has 2 aromatic heterocycles. The van der Waals surface area contributed by atoms with Crippen molar-refractivity contribution in [2.45, 2.75) is 45.1 Å². The maximum Gasteiger partial charge on any atom is 0.163 e. The van der Waals surface area contributed by atoms with Crippen molar-refractivity contribution in [2.24, 2.45) is 10.7 Å². The fourth-order valence-corrected chi connectivity index (χ4v) is 5.12. The molecule has 1 fully saturated rings. The molecule has 5 rings (SSSR count). The van der Waals surface area contributed by atoms with Gasteiger partial charge in [-0.05, 0) is 44.7 Å². The molecule has 34 heavy (non-hydrogen) atoms. The van der Waals surface area contributed by atoms with Crippen LogP contribution >= 0.6 is 0 Å². The molecule has 0 spiro atoms. The van der Waals surface area contributed by atoms with E-state index in [-0.39, 0.29) is 16.9 Å². The topological polar surface area (TPSA) is 90.1 Å². The molecule has 0 aliphatic carbocycles. The second kappa shape index (κ2) is 8.19. The van der Waals surface area contributed by atoms with Crippen LogP contribution in [0.25, 0.3) is 22.9 Å². The lowest BCUT2D eigenvalue weighted by molar-refractivity contribution is 0.0954. The predicted octanol–water partition coefficient (Wildman–Crippen LogP) is 4.12. The van der Waals surface area contributed by atoms with Crippen molar-refractivity contribution in [2.75, 3.05) is 6.54 Å². The van der Waals surface area contributed by atoms with Gasteiger partial charge in [-0.25, -0.2) is 18.8 Å². The molecular weight excluding hydrogens is 438 g/mol. The molecule has 2 N–H and O–H groups in total. The van der Waals surface area contributed by atoms with Gasteiger partial charge >= 0.3 is 0 Å². The van der Waals surface area contributed by atoms with Gasteiger partial charge in [-0.3, -0.25) is 9.13 Å². The number of aromatic nitrogens is 5. The lowest BCUT2D eigenvalue weighted by Crippen LogP contribution is -2.57. The van der Waals surface area contributed by atoms with Crippen LogP contribution in [0.4, 0.5) is 8.78 Å². The molecule has 10 heteroatoms. The van der Waals surface area contributed by atoms with E-state index in [1.165, 1.54) is 24.5 Å². The lowest BCUT2D eigenvalue weighted by Gasteiger charge is -2.51. The summed E-state index contributed by atoms with van der Waals surface area (Å²) in [6.07, 6.45) is 8.51. The highest BCUT2D eigenvalue weighted by molar-refractivity contribution is 6.19. The van der Waals surface area contributed by atoms with Crippen LogP contribution in [0.5, 0.6) is 0 Å². The summed E-state index contributed by atoms with van der Waals surface area (Å²) in [6, 6.07) is 3.39. The number of benzene rings is 1. The first kappa shape index (κ1) is 22.0. The molecule has 4 heterocycles. The summed E-state index contributed by atoms with van der Waals surface area (Å²) < 4.78 is 31.5. The van der Waals surface area contributed by atoms with Gasteiger partial charge in [-0.15, -0.1) is 10.2 Å². The number of nitrogens with zero attached hydrogens (tertiary/aromatic N) is 7. The number of imidazole rings is 1. The van der Waals surface area contributed by atoms with E-state index in [4.69, 9.17) is 10.7 Å². The van der Waals surface area contributed by atoms with Crippen LogP contribution < -0.4 is 5.73 Å². The highest BCUT2D eigenvalue weighted by Gasteiger charge is 2.49. The minimum absolute atomic E-state index is 0.156. The Morgan fingerprint density at radius 1 is 1.29 bits per heavy atom. The molecule has 1 aromatic carbocycles. The maximum atomic E-state index is 14.5. The van der Waals surface area contributed by atoms with Crippen molar-refractivity contribution in [1.29, 1.82) is 0 Å². The van der Waals surface area contributed by atoms with E-state index in [1.54, 1.807) is 10.8 Å². The van der Waals surface area contributed by atoms with Gasteiger partial charge in [-0.2, -0.15) is 0 Å². The summed E-state index contributed by atoms with van der Waals surface area (Å²) in [7, 11) is 0. The molecule has 0 bridgehead atoms. The molecule has 2 aliphatic heterocycles. The Labute approximate surface area is 196 Å². The van der Waals surface area contributed by atoms with Gasteiger partial charge in [0.2, 0.25) is 0 Å². The number of nitrogens with two attached hydrogens (primary N) is 1. The molecular formula is C24H26F2N8. The zero-order chi connectivity index (χ0) is 24.0. The third-order valence-corrected chi connectivity index (χ3v) is 6.77. The Morgan fingerprint density at radius 3 is 2.85 bits per heavy atom. The van der Waals surface area contributed by atoms with Crippen LogP contribution in [-0.4, -0.2) is 41.6 Å². The van der Waals surface area contributed by atoms with E-state index in [0.29, 0.717) is 17.4 Å². The second-order valence-corrected chi connectivity index (χ2v) is 8.55. The summed E-state index contributed by atoms with van der Waals surface area (Å²) in [5, 5.41) is 8.87. The summed E-state index contributed by atoms with van der Waals surface area (Å²) in [5.74, 6) is 1.49. The highest BCUT2D eigenvalue weighted by Crippen LogP contribution is 2.45. The molecule has 0 saturated carbocycles. The number of aryl methyl sites for hydroxylation is 1. The normalized spacial score (nSPS) is 22.2. The Bertz CT molecular complexity index is 1330. The van der Waals surface area contributed by atoms with E-state index in [2.05, 4.69) is 33.6 Å². The number of hydrogen-bond acceptors (Lipinski definition) is 5. The third kappa shape index (κ3) is 3.16. The Balaban J connectivity index is 1.65. The lowest BCUT2D eigenvalue weighted by atomic mass is 9.81. The van der Waals surface area contributed by atoms with Gasteiger partial charge in [0, 0.05) is 31.2 Å². The molecule has 8 nitrogen and oxygen atoms in total. The quantitative estimate of drug-likeness (QED) is 0.627. The van der Waals surface area contributed by atoms with Crippen molar-refractivity contribution in [3.63, 3.8) is 0 Å². The van der Waals surface area contributed by atoms with Crippen LogP contribution in [0.3, 0.4) is 0 Å². The number of hydrogen-bond donors (Lipinski definition) is 1. The molecule has 2 aliphatic rings. The van der Waals surface area contributed by atoms with E-state index in [9.17, 15) is 8.78 Å². The van der Waals surface area contributed by atoms with E-state index in [1.807, 2.05) is 11.5 Å². The smallest absolute Gasteiger partial charge is 0.163 e. The van der Waals surface area contributed by atoms with E-state index < -0.39 is 11.6 Å². The van der Waals surface area contributed by atoms with Crippen molar-refractivity contribution in [3.05, 3.63) is 66.7 Å². The molecule has 1 atom stereocenters. The van der Waals surface area contributed by atoms with E-state index >= 15 is 0 Å². The summed E-state index contributed by atoms with van der Waals surface area (Å²) in [4.78, 5) is 11.4. The third-order valence-electron chi connectivity index (χ3n) is 6.77. The highest BCUT2D eigenvalue weighted by atomic mass is 19.1. The van der Waals surface area contributed by atoms with Gasteiger partial charge in [0.05, 0.1) is 5.56 Å².